The summed E-state index contributed by atoms with van der Waals surface area (Å²) >= 11 is 1.45. The largest absolute Gasteiger partial charge is 0.493 e. The Balaban J connectivity index is 1.90. The van der Waals surface area contributed by atoms with E-state index in [1.807, 2.05) is 16.0 Å². The van der Waals surface area contributed by atoms with Crippen LogP contribution in [0.1, 0.15) is 25.3 Å². The molecule has 4 rings (SSSR count). The lowest BCUT2D eigenvalue weighted by molar-refractivity contribution is 0.178. The fraction of sp³-hybridized carbons (Fsp3) is 0.240. The molecule has 188 valence electrons. The highest BCUT2D eigenvalue weighted by Crippen LogP contribution is 2.36. The highest BCUT2D eigenvalue weighted by molar-refractivity contribution is 7.89. The van der Waals surface area contributed by atoms with E-state index < -0.39 is 16.1 Å². The summed E-state index contributed by atoms with van der Waals surface area (Å²) in [6.07, 6.45) is 5.33. The van der Waals surface area contributed by atoms with Crippen LogP contribution in [0.15, 0.2) is 71.3 Å². The number of unbranched alkanes of at least 4 members (excludes halogenated alkanes) is 1. The van der Waals surface area contributed by atoms with Gasteiger partial charge in [-0.1, -0.05) is 43.7 Å². The number of hydrogen-bond acceptors (Lipinski definition) is 7. The molecule has 4 aromatic rings. The molecule has 0 unspecified atom stereocenters. The molecule has 1 amide bonds. The predicted molar refractivity (Wildman–Crippen MR) is 138 cm³/mol. The molecule has 0 atom stereocenters. The number of carboxylic acid groups (broad SMARTS) is 1. The van der Waals surface area contributed by atoms with Crippen LogP contribution in [0.4, 0.5) is 4.79 Å². The third-order valence-corrected chi connectivity index (χ3v) is 8.13. The Bertz CT molecular complexity index is 1430. The Labute approximate surface area is 213 Å². The molecular weight excluding hydrogens is 500 g/mol. The summed E-state index contributed by atoms with van der Waals surface area (Å²) < 4.78 is 35.2. The van der Waals surface area contributed by atoms with Crippen molar-refractivity contribution in [1.82, 2.24) is 18.8 Å². The lowest BCUT2D eigenvalue weighted by Gasteiger charge is -2.21. The monoisotopic (exact) mass is 526 g/mol. The summed E-state index contributed by atoms with van der Waals surface area (Å²) in [5, 5.41) is 12.0. The predicted octanol–water partition coefficient (Wildman–Crippen LogP) is 5.20. The Morgan fingerprint density at radius 2 is 1.94 bits per heavy atom. The van der Waals surface area contributed by atoms with Gasteiger partial charge in [0.25, 0.3) is 10.0 Å². The van der Waals surface area contributed by atoms with Crippen molar-refractivity contribution in [3.63, 3.8) is 0 Å². The van der Waals surface area contributed by atoms with Crippen molar-refractivity contribution in [3.8, 4) is 27.7 Å². The second-order valence-corrected chi connectivity index (χ2v) is 10.8. The van der Waals surface area contributed by atoms with Crippen molar-refractivity contribution in [2.24, 2.45) is 0 Å². The van der Waals surface area contributed by atoms with Gasteiger partial charge in [0.2, 0.25) is 0 Å². The van der Waals surface area contributed by atoms with E-state index in [1.165, 1.54) is 17.4 Å². The van der Waals surface area contributed by atoms with Crippen molar-refractivity contribution in [3.05, 3.63) is 72.0 Å². The molecule has 0 saturated heterocycles. The number of imidazole rings is 1. The Hall–Kier alpha value is -3.70. The average molecular weight is 527 g/mol. The van der Waals surface area contributed by atoms with Crippen molar-refractivity contribution in [1.29, 1.82) is 0 Å². The summed E-state index contributed by atoms with van der Waals surface area (Å²) in [5.74, 6) is 1.17. The Morgan fingerprint density at radius 3 is 2.61 bits per heavy atom. The van der Waals surface area contributed by atoms with E-state index in [9.17, 15) is 18.3 Å². The molecule has 0 aliphatic rings. The van der Waals surface area contributed by atoms with Gasteiger partial charge >= 0.3 is 6.09 Å². The van der Waals surface area contributed by atoms with Gasteiger partial charge in [0, 0.05) is 42.1 Å². The second-order valence-electron chi connectivity index (χ2n) is 8.00. The van der Waals surface area contributed by atoms with Crippen molar-refractivity contribution >= 4 is 27.5 Å². The smallest absolute Gasteiger partial charge is 0.421 e. The van der Waals surface area contributed by atoms with Crippen molar-refractivity contribution < 1.29 is 23.1 Å². The highest BCUT2D eigenvalue weighted by atomic mass is 32.2. The van der Waals surface area contributed by atoms with Gasteiger partial charge in [-0.15, -0.1) is 11.3 Å². The van der Waals surface area contributed by atoms with Gasteiger partial charge in [-0.25, -0.2) is 27.5 Å². The van der Waals surface area contributed by atoms with E-state index in [-0.39, 0.29) is 11.4 Å². The minimum atomic E-state index is -4.37. The summed E-state index contributed by atoms with van der Waals surface area (Å²) in [5.41, 5.74) is 1.58. The lowest BCUT2D eigenvalue weighted by atomic mass is 10.0. The molecule has 0 radical (unpaired) electrons. The van der Waals surface area contributed by atoms with Gasteiger partial charge in [0.05, 0.1) is 18.0 Å². The SMILES string of the molecule is CCCCOc1cc(-c2ccccc2)c(S(=O)(=O)N(C)C(=O)O)cc1Cn1ccnc1-c1nccs1. The van der Waals surface area contributed by atoms with Gasteiger partial charge < -0.3 is 14.4 Å². The minimum absolute atomic E-state index is 0.118. The van der Waals surface area contributed by atoms with Crippen LogP contribution in [0, 0.1) is 0 Å². The minimum Gasteiger partial charge on any atom is -0.493 e. The van der Waals surface area contributed by atoms with E-state index in [4.69, 9.17) is 4.74 Å². The maximum absolute atomic E-state index is 13.4. The van der Waals surface area contributed by atoms with Crippen LogP contribution in [-0.4, -0.2) is 52.1 Å². The molecule has 1 N–H and O–H groups in total. The average Bonchev–Trinajstić information content (AvgIpc) is 3.56. The fourth-order valence-corrected chi connectivity index (χ4v) is 5.54. The van der Waals surface area contributed by atoms with Crippen molar-refractivity contribution in [2.75, 3.05) is 13.7 Å². The van der Waals surface area contributed by atoms with E-state index in [1.54, 1.807) is 48.9 Å². The molecular formula is C25H26N4O5S2. The van der Waals surface area contributed by atoms with Gasteiger partial charge in [0.15, 0.2) is 10.8 Å². The number of carbonyl (C=O) groups is 1. The molecule has 2 heterocycles. The maximum atomic E-state index is 13.4. The summed E-state index contributed by atoms with van der Waals surface area (Å²) in [6, 6.07) is 12.2. The molecule has 0 spiro atoms. The summed E-state index contributed by atoms with van der Waals surface area (Å²) in [6.45, 7) is 2.77. The van der Waals surface area contributed by atoms with Crippen LogP contribution in [0.2, 0.25) is 0 Å². The number of benzene rings is 2. The second kappa shape index (κ2) is 10.9. The normalized spacial score (nSPS) is 11.4. The van der Waals surface area contributed by atoms with Crippen LogP contribution in [0.25, 0.3) is 22.0 Å². The number of amides is 1. The standard InChI is InChI=1S/C25H26N4O5S2/c1-3-4-13-34-21-16-20(18-8-6-5-7-9-18)22(36(32,33)28(2)25(30)31)15-19(21)17-29-12-10-26-23(29)24-27-11-14-35-24/h5-12,14-16H,3-4,13,17H2,1-2H3,(H,30,31). The molecule has 9 nitrogen and oxygen atoms in total. The van der Waals surface area contributed by atoms with Gasteiger partial charge in [-0.2, -0.15) is 0 Å². The maximum Gasteiger partial charge on any atom is 0.421 e. The number of nitrogens with zero attached hydrogens (tertiary/aromatic N) is 4. The van der Waals surface area contributed by atoms with Gasteiger partial charge in [0.1, 0.15) is 5.75 Å². The first kappa shape index (κ1) is 25.4. The molecule has 2 aromatic carbocycles. The molecule has 0 aliphatic carbocycles. The first-order valence-electron chi connectivity index (χ1n) is 11.3. The number of aromatic nitrogens is 3. The number of hydrogen-bond donors (Lipinski definition) is 1. The van der Waals surface area contributed by atoms with Gasteiger partial charge in [-0.05, 0) is 24.1 Å². The fourth-order valence-electron chi connectivity index (χ4n) is 3.65. The van der Waals surface area contributed by atoms with Crippen LogP contribution >= 0.6 is 11.3 Å². The Kier molecular flexibility index (Phi) is 7.70. The Morgan fingerprint density at radius 1 is 1.17 bits per heavy atom. The number of rotatable bonds is 10. The summed E-state index contributed by atoms with van der Waals surface area (Å²) in [4.78, 5) is 20.3. The zero-order chi connectivity index (χ0) is 25.7. The number of ether oxygens (including phenoxy) is 1. The van der Waals surface area contributed by atoms with Crippen LogP contribution in [0.5, 0.6) is 5.75 Å². The van der Waals surface area contributed by atoms with E-state index in [0.29, 0.717) is 39.2 Å². The molecule has 11 heteroatoms. The number of sulfonamides is 1. The first-order chi connectivity index (χ1) is 17.3. The lowest BCUT2D eigenvalue weighted by Crippen LogP contribution is -2.32. The van der Waals surface area contributed by atoms with Crippen LogP contribution < -0.4 is 4.74 Å². The van der Waals surface area contributed by atoms with E-state index >= 15 is 0 Å². The van der Waals surface area contributed by atoms with E-state index in [0.717, 1.165) is 24.9 Å². The molecule has 0 fully saturated rings. The molecule has 2 aromatic heterocycles. The highest BCUT2D eigenvalue weighted by Gasteiger charge is 2.30. The molecule has 0 saturated carbocycles. The molecule has 0 bridgehead atoms. The molecule has 0 aliphatic heterocycles. The zero-order valence-corrected chi connectivity index (χ0v) is 21.5. The third kappa shape index (κ3) is 5.26. The van der Waals surface area contributed by atoms with Crippen LogP contribution in [-0.2, 0) is 16.6 Å². The quantitative estimate of drug-likeness (QED) is 0.283. The zero-order valence-electron chi connectivity index (χ0n) is 19.9. The number of thiazole rings is 1. The topological polar surface area (TPSA) is 115 Å². The van der Waals surface area contributed by atoms with Crippen molar-refractivity contribution in [2.45, 2.75) is 31.2 Å². The third-order valence-electron chi connectivity index (χ3n) is 5.59. The first-order valence-corrected chi connectivity index (χ1v) is 13.6. The van der Waals surface area contributed by atoms with Crippen LogP contribution in [0.3, 0.4) is 0 Å². The summed E-state index contributed by atoms with van der Waals surface area (Å²) in [7, 11) is -3.35. The van der Waals surface area contributed by atoms with Gasteiger partial charge in [-0.3, -0.25) is 0 Å². The van der Waals surface area contributed by atoms with E-state index in [2.05, 4.69) is 16.9 Å². The molecule has 36 heavy (non-hydrogen) atoms.